The number of aryl methyl sites for hydroxylation is 1. The minimum atomic E-state index is 0.777. The van der Waals surface area contributed by atoms with Gasteiger partial charge in [0.15, 0.2) is 0 Å². The van der Waals surface area contributed by atoms with Crippen molar-refractivity contribution in [3.8, 4) is 0 Å². The summed E-state index contributed by atoms with van der Waals surface area (Å²) in [6.45, 7) is 2.88. The van der Waals surface area contributed by atoms with Gasteiger partial charge in [-0.1, -0.05) is 48.0 Å². The average molecular weight is 282 g/mol. The van der Waals surface area contributed by atoms with Crippen LogP contribution in [-0.4, -0.2) is 0 Å². The predicted octanol–water partition coefficient (Wildman–Crippen LogP) is 5.41. The summed E-state index contributed by atoms with van der Waals surface area (Å²) in [5, 5.41) is 6.79. The smallest absolute Gasteiger partial charge is 0.0410 e. The monoisotopic (exact) mass is 281 g/mol. The summed E-state index contributed by atoms with van der Waals surface area (Å²) < 4.78 is 0. The summed E-state index contributed by atoms with van der Waals surface area (Å²) in [5.74, 6) is 0. The van der Waals surface area contributed by atoms with E-state index in [9.17, 15) is 0 Å². The van der Waals surface area contributed by atoms with Crippen LogP contribution in [0.2, 0.25) is 5.02 Å². The lowest BCUT2D eigenvalue weighted by atomic mass is 10.1. The van der Waals surface area contributed by atoms with Crippen molar-refractivity contribution >= 4 is 28.1 Å². The second-order valence-electron chi connectivity index (χ2n) is 4.99. The molecule has 3 aromatic carbocycles. The van der Waals surface area contributed by atoms with Gasteiger partial charge >= 0.3 is 0 Å². The molecule has 3 aromatic rings. The number of benzene rings is 3. The van der Waals surface area contributed by atoms with E-state index in [1.807, 2.05) is 18.2 Å². The quantitative estimate of drug-likeness (QED) is 0.676. The molecule has 1 nitrogen and oxygen atoms in total. The largest absolute Gasteiger partial charge is 0.381 e. The molecule has 0 heterocycles. The van der Waals surface area contributed by atoms with Gasteiger partial charge in [0.1, 0.15) is 0 Å². The molecule has 0 spiro atoms. The van der Waals surface area contributed by atoms with E-state index < -0.39 is 0 Å². The first kappa shape index (κ1) is 13.0. The molecule has 0 radical (unpaired) electrons. The van der Waals surface area contributed by atoms with Crippen LogP contribution in [0.4, 0.5) is 5.69 Å². The number of nitrogens with one attached hydrogen (secondary N) is 1. The zero-order valence-corrected chi connectivity index (χ0v) is 12.1. The van der Waals surface area contributed by atoms with Gasteiger partial charge in [0.2, 0.25) is 0 Å². The van der Waals surface area contributed by atoms with Crippen molar-refractivity contribution in [1.82, 2.24) is 0 Å². The molecule has 0 aliphatic heterocycles. The third kappa shape index (κ3) is 2.78. The van der Waals surface area contributed by atoms with Crippen LogP contribution in [0.25, 0.3) is 10.8 Å². The zero-order valence-electron chi connectivity index (χ0n) is 11.4. The van der Waals surface area contributed by atoms with Crippen molar-refractivity contribution in [2.45, 2.75) is 13.5 Å². The van der Waals surface area contributed by atoms with Gasteiger partial charge < -0.3 is 5.32 Å². The fourth-order valence-corrected chi connectivity index (χ4v) is 2.60. The van der Waals surface area contributed by atoms with Gasteiger partial charge in [-0.25, -0.2) is 0 Å². The second-order valence-corrected chi connectivity index (χ2v) is 5.43. The fraction of sp³-hybridized carbons (Fsp3) is 0.111. The van der Waals surface area contributed by atoms with E-state index in [1.54, 1.807) is 0 Å². The highest BCUT2D eigenvalue weighted by Crippen LogP contribution is 2.21. The number of hydrogen-bond donors (Lipinski definition) is 1. The number of rotatable bonds is 3. The normalized spacial score (nSPS) is 10.7. The van der Waals surface area contributed by atoms with E-state index >= 15 is 0 Å². The number of hydrogen-bond acceptors (Lipinski definition) is 1. The second kappa shape index (κ2) is 5.56. The molecule has 0 aliphatic carbocycles. The Morgan fingerprint density at radius 1 is 0.900 bits per heavy atom. The van der Waals surface area contributed by atoms with Gasteiger partial charge in [-0.3, -0.25) is 0 Å². The van der Waals surface area contributed by atoms with Crippen LogP contribution < -0.4 is 5.32 Å². The Morgan fingerprint density at radius 2 is 1.70 bits per heavy atom. The van der Waals surface area contributed by atoms with Gasteiger partial charge in [0.25, 0.3) is 0 Å². The van der Waals surface area contributed by atoms with Crippen LogP contribution in [0, 0.1) is 6.92 Å². The molecule has 0 unspecified atom stereocenters. The summed E-state index contributed by atoms with van der Waals surface area (Å²) in [6, 6.07) is 20.9. The first-order chi connectivity index (χ1) is 9.72. The standard InChI is InChI=1S/C18H16ClN/c1-13-10-17(19)8-9-18(13)20-12-14-6-7-15-4-2-3-5-16(15)11-14/h2-11,20H,12H2,1H3. The van der Waals surface area contributed by atoms with Crippen molar-refractivity contribution < 1.29 is 0 Å². The van der Waals surface area contributed by atoms with Gasteiger partial charge in [-0.2, -0.15) is 0 Å². The molecule has 20 heavy (non-hydrogen) atoms. The van der Waals surface area contributed by atoms with Crippen LogP contribution in [0.1, 0.15) is 11.1 Å². The molecule has 0 atom stereocenters. The lowest BCUT2D eigenvalue weighted by molar-refractivity contribution is 1.15. The van der Waals surface area contributed by atoms with E-state index in [2.05, 4.69) is 54.7 Å². The van der Waals surface area contributed by atoms with E-state index in [0.29, 0.717) is 0 Å². The van der Waals surface area contributed by atoms with E-state index in [4.69, 9.17) is 11.6 Å². The first-order valence-corrected chi connectivity index (χ1v) is 7.08. The summed E-state index contributed by atoms with van der Waals surface area (Å²) in [7, 11) is 0. The molecule has 0 saturated heterocycles. The highest BCUT2D eigenvalue weighted by atomic mass is 35.5. The highest BCUT2D eigenvalue weighted by molar-refractivity contribution is 6.30. The first-order valence-electron chi connectivity index (χ1n) is 6.70. The van der Waals surface area contributed by atoms with E-state index in [1.165, 1.54) is 21.9 Å². The molecule has 1 N–H and O–H groups in total. The Hall–Kier alpha value is -1.99. The van der Waals surface area contributed by atoms with Gasteiger partial charge in [0, 0.05) is 17.3 Å². The minimum Gasteiger partial charge on any atom is -0.381 e. The Morgan fingerprint density at radius 3 is 2.50 bits per heavy atom. The van der Waals surface area contributed by atoms with Crippen molar-refractivity contribution in [3.05, 3.63) is 76.8 Å². The maximum absolute atomic E-state index is 5.97. The van der Waals surface area contributed by atoms with Gasteiger partial charge in [-0.15, -0.1) is 0 Å². The molecule has 0 saturated carbocycles. The predicted molar refractivity (Wildman–Crippen MR) is 87.5 cm³/mol. The summed E-state index contributed by atoms with van der Waals surface area (Å²) in [5.41, 5.74) is 3.57. The Labute approximate surface area is 124 Å². The molecule has 2 heteroatoms. The minimum absolute atomic E-state index is 0.777. The van der Waals surface area contributed by atoms with Crippen LogP contribution >= 0.6 is 11.6 Å². The maximum Gasteiger partial charge on any atom is 0.0410 e. The third-order valence-corrected chi connectivity index (χ3v) is 3.72. The Kier molecular flexibility index (Phi) is 3.62. The molecular weight excluding hydrogens is 266 g/mol. The van der Waals surface area contributed by atoms with E-state index in [0.717, 1.165) is 17.3 Å². The zero-order chi connectivity index (χ0) is 13.9. The summed E-state index contributed by atoms with van der Waals surface area (Å²) >= 11 is 5.97. The molecule has 100 valence electrons. The number of halogens is 1. The van der Waals surface area contributed by atoms with Gasteiger partial charge in [0.05, 0.1) is 0 Å². The molecule has 3 rings (SSSR count). The Balaban J connectivity index is 1.79. The lowest BCUT2D eigenvalue weighted by Gasteiger charge is -2.10. The van der Waals surface area contributed by atoms with Crippen LogP contribution in [0.5, 0.6) is 0 Å². The molecule has 0 bridgehead atoms. The van der Waals surface area contributed by atoms with Gasteiger partial charge in [-0.05, 0) is 53.1 Å². The van der Waals surface area contributed by atoms with E-state index in [-0.39, 0.29) is 0 Å². The van der Waals surface area contributed by atoms with Crippen molar-refractivity contribution in [2.75, 3.05) is 5.32 Å². The maximum atomic E-state index is 5.97. The molecular formula is C18H16ClN. The SMILES string of the molecule is Cc1cc(Cl)ccc1NCc1ccc2ccccc2c1. The molecule has 0 amide bonds. The topological polar surface area (TPSA) is 12.0 Å². The molecule has 0 aliphatic rings. The average Bonchev–Trinajstić information content (AvgIpc) is 2.46. The molecule has 0 fully saturated rings. The number of fused-ring (bicyclic) bond motifs is 1. The van der Waals surface area contributed by atoms with Crippen LogP contribution in [0.3, 0.4) is 0 Å². The fourth-order valence-electron chi connectivity index (χ4n) is 2.37. The lowest BCUT2D eigenvalue weighted by Crippen LogP contribution is -2.00. The van der Waals surface area contributed by atoms with Crippen molar-refractivity contribution in [3.63, 3.8) is 0 Å². The van der Waals surface area contributed by atoms with Crippen LogP contribution in [-0.2, 0) is 6.54 Å². The van der Waals surface area contributed by atoms with Crippen molar-refractivity contribution in [1.29, 1.82) is 0 Å². The summed E-state index contributed by atoms with van der Waals surface area (Å²) in [4.78, 5) is 0. The Bertz CT molecular complexity index is 749. The molecule has 0 aromatic heterocycles. The van der Waals surface area contributed by atoms with Crippen molar-refractivity contribution in [2.24, 2.45) is 0 Å². The highest BCUT2D eigenvalue weighted by Gasteiger charge is 2.00. The van der Waals surface area contributed by atoms with Crippen LogP contribution in [0.15, 0.2) is 60.7 Å². The summed E-state index contributed by atoms with van der Waals surface area (Å²) in [6.07, 6.45) is 0. The number of anilines is 1. The third-order valence-electron chi connectivity index (χ3n) is 3.49.